The van der Waals surface area contributed by atoms with E-state index in [0.717, 1.165) is 14.2 Å². The Balaban J connectivity index is 4.89. The van der Waals surface area contributed by atoms with E-state index in [1.165, 1.54) is 0 Å². The van der Waals surface area contributed by atoms with E-state index in [1.807, 2.05) is 0 Å². The van der Waals surface area contributed by atoms with Crippen LogP contribution in [0.5, 0.6) is 0 Å². The summed E-state index contributed by atoms with van der Waals surface area (Å²) in [5.41, 5.74) is 0. The van der Waals surface area contributed by atoms with Gasteiger partial charge in [0.15, 0.2) is 19.3 Å². The summed E-state index contributed by atoms with van der Waals surface area (Å²) in [6, 6.07) is 0. The summed E-state index contributed by atoms with van der Waals surface area (Å²) in [5, 5.41) is 0. The fraction of sp³-hybridized carbons (Fsp3) is 0.500. The Morgan fingerprint density at radius 3 is 2.10 bits per heavy atom. The number of ether oxygens (including phenoxy) is 2. The Hall–Kier alpha value is -1.83. The number of terminal acetylenes is 2. The first-order chi connectivity index (χ1) is 9.92. The highest BCUT2D eigenvalue weighted by Crippen LogP contribution is 2.49. The smallest absolute Gasteiger partial charge is 0.452 e. The van der Waals surface area contributed by atoms with Gasteiger partial charge >= 0.3 is 19.8 Å². The van der Waals surface area contributed by atoms with Crippen LogP contribution in [0.4, 0.5) is 0 Å². The molecule has 1 atom stereocenters. The molecule has 0 N–H and O–H groups in total. The van der Waals surface area contributed by atoms with Crippen LogP contribution in [0.3, 0.4) is 0 Å². The summed E-state index contributed by atoms with van der Waals surface area (Å²) in [6.45, 7) is -0.625. The molecule has 0 aromatic heterocycles. The van der Waals surface area contributed by atoms with Crippen molar-refractivity contribution in [1.82, 2.24) is 0 Å². The van der Waals surface area contributed by atoms with Crippen molar-refractivity contribution in [2.24, 2.45) is 0 Å². The summed E-state index contributed by atoms with van der Waals surface area (Å²) in [4.78, 5) is 23.1. The molecule has 9 heteroatoms. The van der Waals surface area contributed by atoms with Crippen LogP contribution in [0.25, 0.3) is 0 Å². The summed E-state index contributed by atoms with van der Waals surface area (Å²) >= 11 is 0. The predicted molar refractivity (Wildman–Crippen MR) is 70.7 cm³/mol. The Morgan fingerprint density at radius 2 is 1.62 bits per heavy atom. The summed E-state index contributed by atoms with van der Waals surface area (Å²) in [7, 11) is -1.91. The third-order valence-corrected chi connectivity index (χ3v) is 3.34. The first-order valence-electron chi connectivity index (χ1n) is 5.51. The van der Waals surface area contributed by atoms with Crippen LogP contribution < -0.4 is 0 Å². The Kier molecular flexibility index (Phi) is 9.11. The number of phosphoric ester groups is 1. The van der Waals surface area contributed by atoms with Crippen LogP contribution in [0.2, 0.25) is 0 Å². The summed E-state index contributed by atoms with van der Waals surface area (Å²) in [6.07, 6.45) is 7.69. The molecule has 0 rings (SSSR count). The third-order valence-electron chi connectivity index (χ3n) is 1.93. The molecule has 21 heavy (non-hydrogen) atoms. The van der Waals surface area contributed by atoms with E-state index >= 15 is 0 Å². The van der Waals surface area contributed by atoms with Crippen molar-refractivity contribution in [3.05, 3.63) is 0 Å². The lowest BCUT2D eigenvalue weighted by Crippen LogP contribution is -2.29. The fourth-order valence-corrected chi connectivity index (χ4v) is 1.81. The molecule has 1 unspecified atom stereocenters. The Bertz CT molecular complexity index is 478. The largest absolute Gasteiger partial charge is 0.475 e. The molecular formula is C12H15O8P. The SMILES string of the molecule is C#CCOC(=O)CC(OP(=O)(OC)OC)C(=O)OCC#C. The van der Waals surface area contributed by atoms with Crippen molar-refractivity contribution < 1.29 is 37.2 Å². The highest BCUT2D eigenvalue weighted by atomic mass is 31.2. The Labute approximate surface area is 122 Å². The standard InChI is InChI=1S/C12H15O8P/c1-5-7-18-11(13)9-10(12(14)19-8-6-2)20-21(15,16-3)17-4/h1-2,10H,7-9H2,3-4H3. The lowest BCUT2D eigenvalue weighted by molar-refractivity contribution is -0.158. The lowest BCUT2D eigenvalue weighted by atomic mass is 10.2. The minimum Gasteiger partial charge on any atom is -0.452 e. The monoisotopic (exact) mass is 318 g/mol. The zero-order chi connectivity index (χ0) is 16.3. The van der Waals surface area contributed by atoms with Crippen molar-refractivity contribution in [3.8, 4) is 24.7 Å². The molecule has 0 aliphatic rings. The molecule has 0 saturated carbocycles. The van der Waals surface area contributed by atoms with Crippen molar-refractivity contribution in [2.75, 3.05) is 27.4 Å². The van der Waals surface area contributed by atoms with Crippen LogP contribution in [0, 0.1) is 24.7 Å². The van der Waals surface area contributed by atoms with Gasteiger partial charge in [-0.15, -0.1) is 12.8 Å². The minimum absolute atomic E-state index is 0.281. The van der Waals surface area contributed by atoms with E-state index in [4.69, 9.17) is 17.4 Å². The number of hydrogen-bond acceptors (Lipinski definition) is 8. The van der Waals surface area contributed by atoms with Crippen LogP contribution >= 0.6 is 7.82 Å². The van der Waals surface area contributed by atoms with Crippen LogP contribution in [-0.2, 0) is 37.2 Å². The average Bonchev–Trinajstić information content (AvgIpc) is 2.49. The topological polar surface area (TPSA) is 97.4 Å². The van der Waals surface area contributed by atoms with Crippen LogP contribution in [-0.4, -0.2) is 45.5 Å². The van der Waals surface area contributed by atoms with Crippen LogP contribution in [0.1, 0.15) is 6.42 Å². The number of hydrogen-bond donors (Lipinski definition) is 0. The maximum absolute atomic E-state index is 11.8. The molecule has 0 aromatic carbocycles. The van der Waals surface area contributed by atoms with Gasteiger partial charge in [-0.2, -0.15) is 0 Å². The number of esters is 2. The molecule has 0 amide bonds. The van der Waals surface area contributed by atoms with Crippen molar-refractivity contribution in [1.29, 1.82) is 0 Å². The summed E-state index contributed by atoms with van der Waals surface area (Å²) < 4.78 is 34.9. The molecule has 0 bridgehead atoms. The van der Waals surface area contributed by atoms with Gasteiger partial charge in [0.2, 0.25) is 0 Å². The molecule has 0 spiro atoms. The van der Waals surface area contributed by atoms with Crippen molar-refractivity contribution >= 4 is 19.8 Å². The second-order valence-corrected chi connectivity index (χ2v) is 5.12. The zero-order valence-corrected chi connectivity index (χ0v) is 12.5. The summed E-state index contributed by atoms with van der Waals surface area (Å²) in [5.74, 6) is 2.27. The van der Waals surface area contributed by atoms with E-state index in [9.17, 15) is 14.2 Å². The van der Waals surface area contributed by atoms with Gasteiger partial charge in [0, 0.05) is 14.2 Å². The normalized spacial score (nSPS) is 11.8. The van der Waals surface area contributed by atoms with Gasteiger partial charge in [-0.25, -0.2) is 9.36 Å². The van der Waals surface area contributed by atoms with E-state index in [-0.39, 0.29) is 13.2 Å². The molecule has 0 saturated heterocycles. The number of carbonyl (C=O) groups excluding carboxylic acids is 2. The maximum atomic E-state index is 11.8. The first kappa shape index (κ1) is 19.2. The van der Waals surface area contributed by atoms with E-state index in [1.54, 1.807) is 0 Å². The van der Waals surface area contributed by atoms with Gasteiger partial charge in [-0.05, 0) is 0 Å². The van der Waals surface area contributed by atoms with Gasteiger partial charge in [-0.1, -0.05) is 11.8 Å². The molecule has 0 aliphatic heterocycles. The Morgan fingerprint density at radius 1 is 1.10 bits per heavy atom. The quantitative estimate of drug-likeness (QED) is 0.345. The second-order valence-electron chi connectivity index (χ2n) is 3.29. The number of rotatable bonds is 9. The third kappa shape index (κ3) is 7.50. The molecular weight excluding hydrogens is 303 g/mol. The first-order valence-corrected chi connectivity index (χ1v) is 6.97. The predicted octanol–water partition coefficient (Wildman–Crippen LogP) is 0.515. The highest BCUT2D eigenvalue weighted by molar-refractivity contribution is 7.48. The van der Waals surface area contributed by atoms with Crippen molar-refractivity contribution in [2.45, 2.75) is 12.5 Å². The van der Waals surface area contributed by atoms with Gasteiger partial charge in [0.1, 0.15) is 0 Å². The van der Waals surface area contributed by atoms with Gasteiger partial charge in [0.05, 0.1) is 6.42 Å². The van der Waals surface area contributed by atoms with Gasteiger partial charge in [0.25, 0.3) is 0 Å². The van der Waals surface area contributed by atoms with E-state index in [2.05, 4.69) is 30.4 Å². The molecule has 0 fully saturated rings. The molecule has 0 aromatic rings. The number of phosphoric acid groups is 1. The lowest BCUT2D eigenvalue weighted by Gasteiger charge is -2.19. The molecule has 116 valence electrons. The number of carbonyl (C=O) groups is 2. The van der Waals surface area contributed by atoms with Gasteiger partial charge in [-0.3, -0.25) is 18.4 Å². The average molecular weight is 318 g/mol. The molecule has 8 nitrogen and oxygen atoms in total. The molecule has 0 radical (unpaired) electrons. The fourth-order valence-electron chi connectivity index (χ4n) is 1.02. The van der Waals surface area contributed by atoms with E-state index < -0.39 is 32.3 Å². The minimum atomic E-state index is -4.01. The second kappa shape index (κ2) is 9.98. The highest BCUT2D eigenvalue weighted by Gasteiger charge is 2.35. The van der Waals surface area contributed by atoms with Crippen molar-refractivity contribution in [3.63, 3.8) is 0 Å². The maximum Gasteiger partial charge on any atom is 0.475 e. The zero-order valence-electron chi connectivity index (χ0n) is 11.6. The van der Waals surface area contributed by atoms with Gasteiger partial charge < -0.3 is 9.47 Å². The molecule has 0 aliphatic carbocycles. The van der Waals surface area contributed by atoms with E-state index in [0.29, 0.717) is 0 Å². The molecule has 0 heterocycles. The van der Waals surface area contributed by atoms with Crippen LogP contribution in [0.15, 0.2) is 0 Å².